The van der Waals surface area contributed by atoms with Gasteiger partial charge in [-0.3, -0.25) is 14.2 Å². The lowest BCUT2D eigenvalue weighted by molar-refractivity contribution is 0.0839. The van der Waals surface area contributed by atoms with Crippen LogP contribution in [0.15, 0.2) is 77.7 Å². The van der Waals surface area contributed by atoms with E-state index in [-0.39, 0.29) is 23.4 Å². The second kappa shape index (κ2) is 8.64. The molecule has 32 heavy (non-hydrogen) atoms. The van der Waals surface area contributed by atoms with Gasteiger partial charge in [0.05, 0.1) is 12.7 Å². The highest BCUT2D eigenvalue weighted by molar-refractivity contribution is 5.35. The van der Waals surface area contributed by atoms with E-state index in [1.807, 2.05) is 18.2 Å². The fourth-order valence-corrected chi connectivity index (χ4v) is 4.32. The maximum Gasteiger partial charge on any atom is 0.351 e. The van der Waals surface area contributed by atoms with Crippen molar-refractivity contribution in [3.05, 3.63) is 106 Å². The van der Waals surface area contributed by atoms with Crippen LogP contribution in [0.3, 0.4) is 0 Å². The lowest BCUT2D eigenvalue weighted by atomic mass is 9.96. The van der Waals surface area contributed by atoms with Crippen LogP contribution in [0.2, 0.25) is 0 Å². The van der Waals surface area contributed by atoms with Crippen LogP contribution in [0.4, 0.5) is 8.78 Å². The van der Waals surface area contributed by atoms with Crippen molar-refractivity contribution in [3.63, 3.8) is 0 Å². The zero-order valence-corrected chi connectivity index (χ0v) is 17.4. The summed E-state index contributed by atoms with van der Waals surface area (Å²) in [5.41, 5.74) is 2.40. The Morgan fingerprint density at radius 3 is 1.97 bits per heavy atom. The summed E-state index contributed by atoms with van der Waals surface area (Å²) in [5.74, 6) is -0.566. The van der Waals surface area contributed by atoms with Crippen molar-refractivity contribution >= 4 is 5.65 Å². The number of halogens is 2. The molecule has 0 spiro atoms. The standard InChI is InChI=1S/C24H23F2N5O/c25-20-8-4-18(5-9-20)23(19-6-10-21(26)11-7-19)29-15-13-28(14-16-29)17-31-24(32)30-12-2-1-3-22(30)27-31/h1-12,23H,13-17H2. The van der Waals surface area contributed by atoms with E-state index in [0.717, 1.165) is 37.3 Å². The minimum absolute atomic E-state index is 0.101. The zero-order chi connectivity index (χ0) is 22.1. The van der Waals surface area contributed by atoms with E-state index in [9.17, 15) is 13.6 Å². The molecule has 0 atom stereocenters. The van der Waals surface area contributed by atoms with Gasteiger partial charge in [0, 0.05) is 32.4 Å². The van der Waals surface area contributed by atoms with Crippen LogP contribution in [0.1, 0.15) is 17.2 Å². The summed E-state index contributed by atoms with van der Waals surface area (Å²) in [4.78, 5) is 17.1. The van der Waals surface area contributed by atoms with Gasteiger partial charge in [-0.1, -0.05) is 30.3 Å². The van der Waals surface area contributed by atoms with E-state index in [2.05, 4.69) is 14.9 Å². The second-order valence-electron chi connectivity index (χ2n) is 8.01. The van der Waals surface area contributed by atoms with Crippen molar-refractivity contribution < 1.29 is 8.78 Å². The smallest absolute Gasteiger partial charge is 0.290 e. The monoisotopic (exact) mass is 435 g/mol. The van der Waals surface area contributed by atoms with Gasteiger partial charge in [-0.05, 0) is 47.5 Å². The number of piperazine rings is 1. The summed E-state index contributed by atoms with van der Waals surface area (Å²) in [7, 11) is 0. The summed E-state index contributed by atoms with van der Waals surface area (Å²) in [5, 5.41) is 4.41. The molecule has 0 aliphatic carbocycles. The Bertz CT molecular complexity index is 1210. The first-order valence-electron chi connectivity index (χ1n) is 10.6. The van der Waals surface area contributed by atoms with Gasteiger partial charge in [0.2, 0.25) is 0 Å². The van der Waals surface area contributed by atoms with Gasteiger partial charge < -0.3 is 0 Å². The largest absolute Gasteiger partial charge is 0.351 e. The molecule has 6 nitrogen and oxygen atoms in total. The summed E-state index contributed by atoms with van der Waals surface area (Å²) in [6.45, 7) is 3.42. The van der Waals surface area contributed by atoms with Gasteiger partial charge in [0.25, 0.3) is 0 Å². The summed E-state index contributed by atoms with van der Waals surface area (Å²) >= 11 is 0. The number of nitrogens with zero attached hydrogens (tertiary/aromatic N) is 5. The molecule has 2 aromatic carbocycles. The quantitative estimate of drug-likeness (QED) is 0.483. The van der Waals surface area contributed by atoms with Crippen LogP contribution in [-0.4, -0.2) is 50.2 Å². The average Bonchev–Trinajstić information content (AvgIpc) is 3.13. The maximum atomic E-state index is 13.5. The van der Waals surface area contributed by atoms with Gasteiger partial charge >= 0.3 is 5.69 Å². The molecular formula is C24H23F2N5O. The number of hydrogen-bond donors (Lipinski definition) is 0. The van der Waals surface area contributed by atoms with Crippen LogP contribution in [-0.2, 0) is 6.67 Å². The van der Waals surface area contributed by atoms with Crippen LogP contribution >= 0.6 is 0 Å². The molecule has 0 radical (unpaired) electrons. The third kappa shape index (κ3) is 4.06. The molecule has 8 heteroatoms. The number of benzene rings is 2. The first kappa shape index (κ1) is 20.5. The van der Waals surface area contributed by atoms with Crippen LogP contribution in [0, 0.1) is 11.6 Å². The third-order valence-corrected chi connectivity index (χ3v) is 5.97. The zero-order valence-electron chi connectivity index (χ0n) is 17.4. The molecule has 1 aliphatic heterocycles. The fourth-order valence-electron chi connectivity index (χ4n) is 4.32. The molecule has 1 aliphatic rings. The predicted octanol–water partition coefficient (Wildman–Crippen LogP) is 3.14. The summed E-state index contributed by atoms with van der Waals surface area (Å²) < 4.78 is 30.0. The normalized spacial score (nSPS) is 15.6. The minimum Gasteiger partial charge on any atom is -0.290 e. The Hall–Kier alpha value is -3.36. The third-order valence-electron chi connectivity index (χ3n) is 5.97. The van der Waals surface area contributed by atoms with Crippen molar-refractivity contribution in [2.45, 2.75) is 12.7 Å². The Balaban J connectivity index is 1.34. The van der Waals surface area contributed by atoms with Crippen LogP contribution < -0.4 is 5.69 Å². The van der Waals surface area contributed by atoms with Crippen molar-refractivity contribution in [1.29, 1.82) is 0 Å². The molecule has 0 unspecified atom stereocenters. The highest BCUT2D eigenvalue weighted by Gasteiger charge is 2.27. The topological polar surface area (TPSA) is 45.8 Å². The van der Waals surface area contributed by atoms with Gasteiger partial charge in [-0.15, -0.1) is 5.10 Å². The second-order valence-corrected chi connectivity index (χ2v) is 8.01. The highest BCUT2D eigenvalue weighted by atomic mass is 19.1. The first-order chi connectivity index (χ1) is 15.6. The predicted molar refractivity (Wildman–Crippen MR) is 117 cm³/mol. The molecule has 3 heterocycles. The van der Waals surface area contributed by atoms with Gasteiger partial charge in [0.1, 0.15) is 11.6 Å². The summed E-state index contributed by atoms with van der Waals surface area (Å²) in [6.07, 6.45) is 1.72. The first-order valence-corrected chi connectivity index (χ1v) is 10.6. The van der Waals surface area contributed by atoms with E-state index >= 15 is 0 Å². The number of hydrogen-bond acceptors (Lipinski definition) is 4. The molecular weight excluding hydrogens is 412 g/mol. The van der Waals surface area contributed by atoms with E-state index < -0.39 is 0 Å². The van der Waals surface area contributed by atoms with E-state index in [0.29, 0.717) is 12.3 Å². The number of fused-ring (bicyclic) bond motifs is 1. The average molecular weight is 435 g/mol. The number of rotatable bonds is 5. The Morgan fingerprint density at radius 2 is 1.41 bits per heavy atom. The van der Waals surface area contributed by atoms with E-state index in [4.69, 9.17) is 0 Å². The molecule has 164 valence electrons. The SMILES string of the molecule is O=c1n(CN2CCN(C(c3ccc(F)cc3)c3ccc(F)cc3)CC2)nc2ccccn12. The molecule has 0 bridgehead atoms. The van der Waals surface area contributed by atoms with Crippen molar-refractivity contribution in [3.8, 4) is 0 Å². The molecule has 1 fully saturated rings. The molecule has 0 amide bonds. The number of pyridine rings is 1. The molecule has 1 saturated heterocycles. The van der Waals surface area contributed by atoms with Gasteiger partial charge in [-0.25, -0.2) is 13.6 Å². The van der Waals surface area contributed by atoms with Crippen LogP contribution in [0.25, 0.3) is 5.65 Å². The van der Waals surface area contributed by atoms with Crippen molar-refractivity contribution in [2.75, 3.05) is 26.2 Å². The van der Waals surface area contributed by atoms with Gasteiger partial charge in [0.15, 0.2) is 5.65 Å². The lowest BCUT2D eigenvalue weighted by Gasteiger charge is -2.39. The Labute approximate surface area is 183 Å². The molecule has 0 N–H and O–H groups in total. The van der Waals surface area contributed by atoms with E-state index in [1.54, 1.807) is 30.5 Å². The van der Waals surface area contributed by atoms with Gasteiger partial charge in [-0.2, -0.15) is 4.68 Å². The molecule has 2 aromatic heterocycles. The highest BCUT2D eigenvalue weighted by Crippen LogP contribution is 2.30. The Morgan fingerprint density at radius 1 is 0.812 bits per heavy atom. The Kier molecular flexibility index (Phi) is 5.55. The maximum absolute atomic E-state index is 13.5. The minimum atomic E-state index is -0.283. The van der Waals surface area contributed by atoms with Crippen molar-refractivity contribution in [2.24, 2.45) is 0 Å². The molecule has 0 saturated carbocycles. The lowest BCUT2D eigenvalue weighted by Crippen LogP contribution is -2.49. The van der Waals surface area contributed by atoms with E-state index in [1.165, 1.54) is 33.3 Å². The van der Waals surface area contributed by atoms with Crippen LogP contribution in [0.5, 0.6) is 0 Å². The molecule has 5 rings (SSSR count). The summed E-state index contributed by atoms with van der Waals surface area (Å²) in [6, 6.07) is 18.3. The molecule has 4 aromatic rings. The number of aromatic nitrogens is 3. The fraction of sp³-hybridized carbons (Fsp3) is 0.250. The van der Waals surface area contributed by atoms with Crippen molar-refractivity contribution in [1.82, 2.24) is 24.0 Å².